The van der Waals surface area contributed by atoms with E-state index in [1.165, 1.54) is 0 Å². The molecule has 0 saturated heterocycles. The lowest BCUT2D eigenvalue weighted by Gasteiger charge is -2.17. The lowest BCUT2D eigenvalue weighted by atomic mass is 10.00. The van der Waals surface area contributed by atoms with Crippen molar-refractivity contribution >= 4 is 38.6 Å². The third kappa shape index (κ3) is 3.51. The minimum Gasteiger partial charge on any atom is -0.393 e. The average Bonchev–Trinajstić information content (AvgIpc) is 3.32. The van der Waals surface area contributed by atoms with Crippen LogP contribution in [0.5, 0.6) is 0 Å². The van der Waals surface area contributed by atoms with Gasteiger partial charge in [-0.3, -0.25) is 0 Å². The van der Waals surface area contributed by atoms with Crippen LogP contribution in [0.4, 0.5) is 0 Å². The van der Waals surface area contributed by atoms with Gasteiger partial charge < -0.3 is 10.5 Å². The second-order valence-corrected chi connectivity index (χ2v) is 9.80. The van der Waals surface area contributed by atoms with Crippen molar-refractivity contribution in [3.63, 3.8) is 0 Å². The van der Waals surface area contributed by atoms with E-state index < -0.39 is 26.4 Å². The molecule has 1 aliphatic rings. The SMILES string of the molecule is CCOC[C@@]1(C(N)=S)[C@@H](c2cccc(Cl)c2)[C@@H]1S(=O)(=O)c1ccc(C)cc1. The number of hydrogen-bond donors (Lipinski definition) is 1. The molecule has 0 aliphatic heterocycles. The minimum atomic E-state index is -3.67. The number of sulfone groups is 1. The summed E-state index contributed by atoms with van der Waals surface area (Å²) in [5, 5.41) is -0.241. The number of ether oxygens (including phenoxy) is 1. The predicted octanol–water partition coefficient (Wildman–Crippen LogP) is 3.90. The van der Waals surface area contributed by atoms with Gasteiger partial charge in [0.25, 0.3) is 0 Å². The first-order chi connectivity index (χ1) is 12.7. The molecule has 0 spiro atoms. The fourth-order valence-corrected chi connectivity index (χ4v) is 6.68. The largest absolute Gasteiger partial charge is 0.393 e. The first kappa shape index (κ1) is 20.3. The maximum Gasteiger partial charge on any atom is 0.182 e. The van der Waals surface area contributed by atoms with E-state index in [2.05, 4.69) is 0 Å². The number of rotatable bonds is 7. The summed E-state index contributed by atoms with van der Waals surface area (Å²) in [7, 11) is -3.67. The van der Waals surface area contributed by atoms with Crippen molar-refractivity contribution < 1.29 is 13.2 Å². The Kier molecular flexibility index (Phi) is 5.64. The van der Waals surface area contributed by atoms with E-state index >= 15 is 0 Å². The molecule has 0 radical (unpaired) electrons. The Morgan fingerprint density at radius 3 is 2.48 bits per heavy atom. The summed E-state index contributed by atoms with van der Waals surface area (Å²) in [6, 6.07) is 14.0. The van der Waals surface area contributed by atoms with Gasteiger partial charge in [-0.1, -0.05) is 53.6 Å². The topological polar surface area (TPSA) is 69.4 Å². The van der Waals surface area contributed by atoms with E-state index in [0.29, 0.717) is 11.6 Å². The number of halogens is 1. The van der Waals surface area contributed by atoms with Crippen molar-refractivity contribution in [1.82, 2.24) is 0 Å². The van der Waals surface area contributed by atoms with E-state index in [4.69, 9.17) is 34.3 Å². The van der Waals surface area contributed by atoms with E-state index in [-0.39, 0.29) is 16.5 Å². The fraction of sp³-hybridized carbons (Fsp3) is 0.350. The molecule has 1 aliphatic carbocycles. The van der Waals surface area contributed by atoms with Gasteiger partial charge in [-0.15, -0.1) is 0 Å². The molecule has 1 fully saturated rings. The average molecular weight is 424 g/mol. The van der Waals surface area contributed by atoms with Crippen LogP contribution in [0.2, 0.25) is 5.02 Å². The van der Waals surface area contributed by atoms with E-state index in [1.54, 1.807) is 42.5 Å². The highest BCUT2D eigenvalue weighted by atomic mass is 35.5. The van der Waals surface area contributed by atoms with Crippen LogP contribution in [-0.4, -0.2) is 31.9 Å². The molecule has 0 aromatic heterocycles. The molecule has 0 amide bonds. The van der Waals surface area contributed by atoms with Crippen LogP contribution in [0.1, 0.15) is 24.0 Å². The molecular weight excluding hydrogens is 402 g/mol. The van der Waals surface area contributed by atoms with Gasteiger partial charge >= 0.3 is 0 Å². The van der Waals surface area contributed by atoms with Crippen LogP contribution in [0, 0.1) is 12.3 Å². The number of aryl methyl sites for hydroxylation is 1. The second-order valence-electron chi connectivity index (χ2n) is 6.85. The van der Waals surface area contributed by atoms with Gasteiger partial charge in [0.15, 0.2) is 9.84 Å². The van der Waals surface area contributed by atoms with Crippen molar-refractivity contribution in [3.05, 3.63) is 64.7 Å². The maximum absolute atomic E-state index is 13.5. The summed E-state index contributed by atoms with van der Waals surface area (Å²) in [4.78, 5) is 0.418. The Labute approximate surface area is 170 Å². The van der Waals surface area contributed by atoms with Gasteiger partial charge in [0.1, 0.15) is 0 Å². The molecule has 7 heteroatoms. The molecule has 3 atom stereocenters. The molecule has 0 unspecified atom stereocenters. The Balaban J connectivity index is 2.12. The zero-order valence-corrected chi connectivity index (χ0v) is 17.6. The number of hydrogen-bond acceptors (Lipinski definition) is 4. The lowest BCUT2D eigenvalue weighted by molar-refractivity contribution is 0.121. The van der Waals surface area contributed by atoms with Gasteiger partial charge in [-0.05, 0) is 43.7 Å². The van der Waals surface area contributed by atoms with Crippen molar-refractivity contribution in [2.75, 3.05) is 13.2 Å². The van der Waals surface area contributed by atoms with Crippen molar-refractivity contribution in [1.29, 1.82) is 0 Å². The zero-order valence-electron chi connectivity index (χ0n) is 15.2. The quantitative estimate of drug-likeness (QED) is 0.684. The summed E-state index contributed by atoms with van der Waals surface area (Å²) in [5.41, 5.74) is 6.93. The summed E-state index contributed by atoms with van der Waals surface area (Å²) in [6.45, 7) is 4.37. The maximum atomic E-state index is 13.5. The van der Waals surface area contributed by atoms with Gasteiger partial charge in [-0.2, -0.15) is 0 Å². The van der Waals surface area contributed by atoms with E-state index in [1.807, 2.05) is 19.9 Å². The van der Waals surface area contributed by atoms with Crippen molar-refractivity contribution in [3.8, 4) is 0 Å². The molecule has 144 valence electrons. The second kappa shape index (κ2) is 7.51. The van der Waals surface area contributed by atoms with E-state index in [0.717, 1.165) is 11.1 Å². The summed E-state index contributed by atoms with van der Waals surface area (Å²) >= 11 is 11.5. The zero-order chi connectivity index (χ0) is 19.8. The molecule has 0 heterocycles. The molecular formula is C20H22ClNO3S2. The van der Waals surface area contributed by atoms with Crippen LogP contribution in [0.3, 0.4) is 0 Å². The first-order valence-corrected chi connectivity index (χ1v) is 11.0. The van der Waals surface area contributed by atoms with Crippen LogP contribution < -0.4 is 5.73 Å². The lowest BCUT2D eigenvalue weighted by Crippen LogP contribution is -2.33. The number of nitrogens with two attached hydrogens (primary N) is 1. The summed E-state index contributed by atoms with van der Waals surface area (Å²) in [5.74, 6) is -0.397. The number of thiocarbonyl (C=S) groups is 1. The Morgan fingerprint density at radius 2 is 1.93 bits per heavy atom. The fourth-order valence-electron chi connectivity index (χ4n) is 3.72. The molecule has 4 nitrogen and oxygen atoms in total. The first-order valence-electron chi connectivity index (χ1n) is 8.69. The smallest absolute Gasteiger partial charge is 0.182 e. The predicted molar refractivity (Wildman–Crippen MR) is 112 cm³/mol. The van der Waals surface area contributed by atoms with Gasteiger partial charge in [0, 0.05) is 17.5 Å². The molecule has 2 aromatic carbocycles. The highest BCUT2D eigenvalue weighted by molar-refractivity contribution is 7.92. The van der Waals surface area contributed by atoms with Crippen LogP contribution in [0.25, 0.3) is 0 Å². The van der Waals surface area contributed by atoms with Gasteiger partial charge in [-0.25, -0.2) is 8.42 Å². The Bertz CT molecular complexity index is 959. The van der Waals surface area contributed by atoms with Crippen molar-refractivity contribution in [2.45, 2.75) is 29.9 Å². The molecule has 3 rings (SSSR count). The summed E-state index contributed by atoms with van der Waals surface area (Å²) in [6.07, 6.45) is 0. The molecule has 2 N–H and O–H groups in total. The molecule has 2 aromatic rings. The molecule has 1 saturated carbocycles. The third-order valence-electron chi connectivity index (χ3n) is 5.15. The highest BCUT2D eigenvalue weighted by Gasteiger charge is 2.73. The van der Waals surface area contributed by atoms with Gasteiger partial charge in [0.2, 0.25) is 0 Å². The number of benzene rings is 2. The Morgan fingerprint density at radius 1 is 1.26 bits per heavy atom. The molecule has 0 bridgehead atoms. The van der Waals surface area contributed by atoms with Crippen LogP contribution in [-0.2, 0) is 14.6 Å². The van der Waals surface area contributed by atoms with Crippen LogP contribution in [0.15, 0.2) is 53.4 Å². The highest BCUT2D eigenvalue weighted by Crippen LogP contribution is 2.64. The van der Waals surface area contributed by atoms with E-state index in [9.17, 15) is 8.42 Å². The summed E-state index contributed by atoms with van der Waals surface area (Å²) < 4.78 is 32.5. The molecule has 27 heavy (non-hydrogen) atoms. The standard InChI is InChI=1S/C20H22ClNO3S2/c1-3-25-12-20(19(22)26)17(14-5-4-6-15(21)11-14)18(20)27(23,24)16-9-7-13(2)8-10-16/h4-11,17-18H,3,12H2,1-2H3,(H2,22,26)/t17-,18-,20+/m0/s1. The normalized spacial score (nSPS) is 24.6. The van der Waals surface area contributed by atoms with Crippen molar-refractivity contribution in [2.24, 2.45) is 11.1 Å². The monoisotopic (exact) mass is 423 g/mol. The minimum absolute atomic E-state index is 0.154. The van der Waals surface area contributed by atoms with Gasteiger partial charge in [0.05, 0.1) is 27.2 Å². The Hall–Kier alpha value is -1.47. The third-order valence-corrected chi connectivity index (χ3v) is 8.06. The van der Waals surface area contributed by atoms with Crippen LogP contribution >= 0.6 is 23.8 Å².